The molecule has 114 valence electrons. The topological polar surface area (TPSA) is 59.3 Å². The van der Waals surface area contributed by atoms with Crippen LogP contribution in [0.4, 0.5) is 0 Å². The zero-order chi connectivity index (χ0) is 15.7. The smallest absolute Gasteiger partial charge is 0.341 e. The highest BCUT2D eigenvalue weighted by Crippen LogP contribution is 2.31. The summed E-state index contributed by atoms with van der Waals surface area (Å²) in [6.07, 6.45) is 8.81. The third-order valence-corrected chi connectivity index (χ3v) is 4.49. The zero-order valence-corrected chi connectivity index (χ0v) is 12.4. The number of fused-ring (bicyclic) bond motifs is 1. The Hall–Kier alpha value is -2.36. The van der Waals surface area contributed by atoms with E-state index >= 15 is 0 Å². The Morgan fingerprint density at radius 1 is 1.27 bits per heavy atom. The van der Waals surface area contributed by atoms with Crippen molar-refractivity contribution in [1.82, 2.24) is 4.57 Å². The van der Waals surface area contributed by atoms with Gasteiger partial charge in [0.05, 0.1) is 5.52 Å². The van der Waals surface area contributed by atoms with Gasteiger partial charge in [-0.05, 0) is 30.5 Å². The first-order chi connectivity index (χ1) is 10.6. The number of hydrogen-bond donors (Lipinski definition) is 1. The maximum Gasteiger partial charge on any atom is 0.341 e. The highest BCUT2D eigenvalue weighted by Gasteiger charge is 2.20. The number of benzene rings is 1. The van der Waals surface area contributed by atoms with Gasteiger partial charge < -0.3 is 9.67 Å². The Balaban J connectivity index is 2.30. The lowest BCUT2D eigenvalue weighted by Crippen LogP contribution is -2.22. The van der Waals surface area contributed by atoms with Gasteiger partial charge >= 0.3 is 5.97 Å². The van der Waals surface area contributed by atoms with Crippen molar-refractivity contribution in [1.29, 1.82) is 0 Å². The van der Waals surface area contributed by atoms with Crippen LogP contribution in [-0.2, 0) is 0 Å². The predicted octanol–water partition coefficient (Wildman–Crippen LogP) is 3.85. The van der Waals surface area contributed by atoms with Gasteiger partial charge in [-0.1, -0.05) is 38.0 Å². The molecular weight excluding hydrogens is 278 g/mol. The van der Waals surface area contributed by atoms with Crippen LogP contribution in [-0.4, -0.2) is 15.6 Å². The largest absolute Gasteiger partial charge is 0.477 e. The molecule has 1 aliphatic rings. The minimum absolute atomic E-state index is 0.149. The number of carboxylic acids is 1. The number of carboxylic acid groups (broad SMARTS) is 1. The van der Waals surface area contributed by atoms with Gasteiger partial charge in [-0.25, -0.2) is 4.79 Å². The lowest BCUT2D eigenvalue weighted by atomic mass is 9.94. The summed E-state index contributed by atoms with van der Waals surface area (Å²) in [5.41, 5.74) is 1.17. The van der Waals surface area contributed by atoms with Crippen LogP contribution in [0.5, 0.6) is 0 Å². The molecule has 0 unspecified atom stereocenters. The van der Waals surface area contributed by atoms with Crippen LogP contribution in [0.3, 0.4) is 0 Å². The molecular formula is C18H19NO3. The number of aromatic carboxylic acids is 1. The molecule has 4 nitrogen and oxygen atoms in total. The maximum absolute atomic E-state index is 12.4. The van der Waals surface area contributed by atoms with Crippen LogP contribution in [0.15, 0.2) is 35.8 Å². The van der Waals surface area contributed by atoms with Crippen molar-refractivity contribution >= 4 is 22.9 Å². The Morgan fingerprint density at radius 3 is 2.64 bits per heavy atom. The molecule has 0 bridgehead atoms. The fourth-order valence-electron chi connectivity index (χ4n) is 3.31. The number of hydrogen-bond acceptors (Lipinski definition) is 2. The van der Waals surface area contributed by atoms with Crippen molar-refractivity contribution < 1.29 is 9.90 Å². The molecule has 2 aromatic rings. The summed E-state index contributed by atoms with van der Waals surface area (Å²) in [5, 5.41) is 9.79. The lowest BCUT2D eigenvalue weighted by molar-refractivity contribution is 0.0694. The number of rotatable bonds is 3. The summed E-state index contributed by atoms with van der Waals surface area (Å²) in [6, 6.07) is 5.69. The molecule has 0 atom stereocenters. The predicted molar refractivity (Wildman–Crippen MR) is 87.4 cm³/mol. The third-order valence-electron chi connectivity index (χ3n) is 4.49. The Labute approximate surface area is 128 Å². The third kappa shape index (κ3) is 2.45. The van der Waals surface area contributed by atoms with Crippen molar-refractivity contribution in [2.45, 2.75) is 38.1 Å². The molecule has 0 spiro atoms. The minimum Gasteiger partial charge on any atom is -0.477 e. The van der Waals surface area contributed by atoms with Gasteiger partial charge in [0.15, 0.2) is 0 Å². The zero-order valence-electron chi connectivity index (χ0n) is 12.4. The van der Waals surface area contributed by atoms with Crippen LogP contribution in [0.1, 0.15) is 54.1 Å². The van der Waals surface area contributed by atoms with Crippen molar-refractivity contribution in [3.63, 3.8) is 0 Å². The summed E-state index contributed by atoms with van der Waals surface area (Å²) in [6.45, 7) is 3.77. The molecule has 0 aliphatic heterocycles. The van der Waals surface area contributed by atoms with E-state index < -0.39 is 11.4 Å². The quantitative estimate of drug-likeness (QED) is 0.936. The van der Waals surface area contributed by atoms with Crippen LogP contribution in [0, 0.1) is 0 Å². The van der Waals surface area contributed by atoms with Gasteiger partial charge in [-0.2, -0.15) is 0 Å². The average Bonchev–Trinajstić information content (AvgIpc) is 2.55. The molecule has 1 saturated carbocycles. The molecule has 1 heterocycles. The average molecular weight is 297 g/mol. The van der Waals surface area contributed by atoms with Gasteiger partial charge in [0.1, 0.15) is 5.56 Å². The van der Waals surface area contributed by atoms with E-state index in [0.717, 1.165) is 36.8 Å². The van der Waals surface area contributed by atoms with E-state index in [1.54, 1.807) is 18.2 Å². The normalized spacial score (nSPS) is 15.8. The Kier molecular flexibility index (Phi) is 3.84. The molecule has 4 heteroatoms. The molecule has 1 N–H and O–H groups in total. The second-order valence-corrected chi connectivity index (χ2v) is 5.86. The molecule has 0 radical (unpaired) electrons. The first-order valence-corrected chi connectivity index (χ1v) is 7.66. The molecule has 0 saturated heterocycles. The number of carbonyl (C=O) groups is 1. The van der Waals surface area contributed by atoms with Gasteiger partial charge in [0.25, 0.3) is 0 Å². The highest BCUT2D eigenvalue weighted by atomic mass is 16.4. The second-order valence-electron chi connectivity index (χ2n) is 5.86. The van der Waals surface area contributed by atoms with Gasteiger partial charge in [0, 0.05) is 17.6 Å². The van der Waals surface area contributed by atoms with E-state index in [1.165, 1.54) is 12.6 Å². The first kappa shape index (κ1) is 14.6. The summed E-state index contributed by atoms with van der Waals surface area (Å²) < 4.78 is 1.99. The minimum atomic E-state index is -1.16. The molecule has 1 aliphatic carbocycles. The SMILES string of the molecule is C=Cc1ccc2c(=O)c(C(=O)O)cn(C3CCCCC3)c2c1. The van der Waals surface area contributed by atoms with Gasteiger partial charge in [0.2, 0.25) is 5.43 Å². The van der Waals surface area contributed by atoms with Crippen molar-refractivity contribution in [2.24, 2.45) is 0 Å². The van der Waals surface area contributed by atoms with E-state index in [4.69, 9.17) is 0 Å². The fraction of sp³-hybridized carbons (Fsp3) is 0.333. The van der Waals surface area contributed by atoms with Crippen LogP contribution in [0.25, 0.3) is 17.0 Å². The fourth-order valence-corrected chi connectivity index (χ4v) is 3.31. The molecule has 1 aromatic heterocycles. The number of pyridine rings is 1. The first-order valence-electron chi connectivity index (χ1n) is 7.66. The van der Waals surface area contributed by atoms with Gasteiger partial charge in [-0.15, -0.1) is 0 Å². The van der Waals surface area contributed by atoms with E-state index in [9.17, 15) is 14.7 Å². The van der Waals surface area contributed by atoms with Crippen LogP contribution < -0.4 is 5.43 Å². The summed E-state index contributed by atoms with van der Waals surface area (Å²) in [4.78, 5) is 23.8. The van der Waals surface area contributed by atoms with Crippen LogP contribution >= 0.6 is 0 Å². The molecule has 22 heavy (non-hydrogen) atoms. The monoisotopic (exact) mass is 297 g/mol. The Bertz CT molecular complexity index is 798. The molecule has 3 rings (SSSR count). The Morgan fingerprint density at radius 2 is 2.00 bits per heavy atom. The summed E-state index contributed by atoms with van der Waals surface area (Å²) in [7, 11) is 0. The molecule has 1 fully saturated rings. The highest BCUT2D eigenvalue weighted by molar-refractivity contribution is 5.93. The summed E-state index contributed by atoms with van der Waals surface area (Å²) >= 11 is 0. The lowest BCUT2D eigenvalue weighted by Gasteiger charge is -2.26. The van der Waals surface area contributed by atoms with E-state index in [0.29, 0.717) is 5.39 Å². The number of nitrogens with zero attached hydrogens (tertiary/aromatic N) is 1. The second kappa shape index (κ2) is 5.79. The van der Waals surface area contributed by atoms with Crippen molar-refractivity contribution in [3.05, 3.63) is 52.3 Å². The summed E-state index contributed by atoms with van der Waals surface area (Å²) in [5.74, 6) is -1.16. The van der Waals surface area contributed by atoms with E-state index in [1.807, 2.05) is 10.6 Å². The number of aromatic nitrogens is 1. The van der Waals surface area contributed by atoms with Crippen molar-refractivity contribution in [2.75, 3.05) is 0 Å². The standard InChI is InChI=1S/C18H19NO3/c1-2-12-8-9-14-16(10-12)19(13-6-4-3-5-7-13)11-15(17(14)20)18(21)22/h2,8-11,13H,1,3-7H2,(H,21,22). The van der Waals surface area contributed by atoms with Crippen LogP contribution in [0.2, 0.25) is 0 Å². The van der Waals surface area contributed by atoms with Crippen molar-refractivity contribution in [3.8, 4) is 0 Å². The maximum atomic E-state index is 12.4. The molecule has 1 aromatic carbocycles. The van der Waals surface area contributed by atoms with E-state index in [-0.39, 0.29) is 11.6 Å². The van der Waals surface area contributed by atoms with E-state index in [2.05, 4.69) is 6.58 Å². The molecule has 0 amide bonds. The van der Waals surface area contributed by atoms with Gasteiger partial charge in [-0.3, -0.25) is 4.79 Å².